The van der Waals surface area contributed by atoms with Crippen molar-refractivity contribution in [2.45, 2.75) is 38.5 Å². The van der Waals surface area contributed by atoms with Crippen LogP contribution in [0.5, 0.6) is 5.88 Å². The molecule has 1 amide bonds. The van der Waals surface area contributed by atoms with E-state index in [2.05, 4.69) is 10.3 Å². The molecule has 0 aromatic carbocycles. The minimum Gasteiger partial charge on any atom is -0.480 e. The number of nitrogens with zero attached hydrogens (tertiary/aromatic N) is 1. The molecule has 1 heterocycles. The average molecular weight is 381 g/mol. The molecule has 0 bridgehead atoms. The summed E-state index contributed by atoms with van der Waals surface area (Å²) in [5.74, 6) is -1.19. The molecule has 0 aliphatic heterocycles. The molecule has 0 saturated heterocycles. The zero-order valence-corrected chi connectivity index (χ0v) is 15.5. The SMILES string of the molecule is CC(C)Oc1nc(NC(=O)CSC(C)(C)C(=O)O)c(Cl)cc1Cl. The van der Waals surface area contributed by atoms with E-state index in [1.165, 1.54) is 19.9 Å². The van der Waals surface area contributed by atoms with Crippen LogP contribution in [0.15, 0.2) is 6.07 Å². The predicted molar refractivity (Wildman–Crippen MR) is 92.8 cm³/mol. The van der Waals surface area contributed by atoms with E-state index in [4.69, 9.17) is 33.0 Å². The van der Waals surface area contributed by atoms with Gasteiger partial charge in [0.25, 0.3) is 0 Å². The van der Waals surface area contributed by atoms with Gasteiger partial charge in [0.2, 0.25) is 11.8 Å². The van der Waals surface area contributed by atoms with Crippen molar-refractivity contribution >= 4 is 52.7 Å². The van der Waals surface area contributed by atoms with Crippen LogP contribution in [0.2, 0.25) is 10.0 Å². The fourth-order valence-electron chi connectivity index (χ4n) is 1.32. The molecule has 6 nitrogen and oxygen atoms in total. The molecule has 0 aliphatic rings. The van der Waals surface area contributed by atoms with Crippen molar-refractivity contribution in [3.8, 4) is 5.88 Å². The maximum absolute atomic E-state index is 12.0. The average Bonchev–Trinajstić information content (AvgIpc) is 2.41. The van der Waals surface area contributed by atoms with Crippen molar-refractivity contribution < 1.29 is 19.4 Å². The molecule has 0 atom stereocenters. The molecule has 0 spiro atoms. The van der Waals surface area contributed by atoms with Crippen LogP contribution in [0.1, 0.15) is 27.7 Å². The Morgan fingerprint density at radius 1 is 1.39 bits per heavy atom. The lowest BCUT2D eigenvalue weighted by atomic mass is 10.2. The zero-order valence-electron chi connectivity index (χ0n) is 13.1. The van der Waals surface area contributed by atoms with Gasteiger partial charge in [-0.2, -0.15) is 4.98 Å². The van der Waals surface area contributed by atoms with Crippen molar-refractivity contribution in [2.75, 3.05) is 11.1 Å². The number of hydrogen-bond acceptors (Lipinski definition) is 5. The Morgan fingerprint density at radius 3 is 2.52 bits per heavy atom. The van der Waals surface area contributed by atoms with E-state index in [9.17, 15) is 9.59 Å². The Bertz CT molecular complexity index is 609. The van der Waals surface area contributed by atoms with Crippen LogP contribution in [0, 0.1) is 0 Å². The van der Waals surface area contributed by atoms with Gasteiger partial charge in [-0.05, 0) is 33.8 Å². The molecule has 1 aromatic heterocycles. The molecule has 0 saturated carbocycles. The summed E-state index contributed by atoms with van der Waals surface area (Å²) in [5.41, 5.74) is 0. The lowest BCUT2D eigenvalue weighted by molar-refractivity contribution is -0.138. The lowest BCUT2D eigenvalue weighted by Crippen LogP contribution is -2.29. The maximum atomic E-state index is 12.0. The quantitative estimate of drug-likeness (QED) is 0.749. The van der Waals surface area contributed by atoms with Crippen molar-refractivity contribution in [2.24, 2.45) is 0 Å². The van der Waals surface area contributed by atoms with E-state index in [1.54, 1.807) is 0 Å². The number of thioether (sulfide) groups is 1. The van der Waals surface area contributed by atoms with Gasteiger partial charge >= 0.3 is 5.97 Å². The second-order valence-electron chi connectivity index (χ2n) is 5.42. The zero-order chi connectivity index (χ0) is 17.8. The fraction of sp³-hybridized carbons (Fsp3) is 0.500. The molecule has 1 aromatic rings. The standard InChI is InChI=1S/C14H18Cl2N2O4S/c1-7(2)22-12-9(16)5-8(15)11(18-12)17-10(19)6-23-14(3,4)13(20)21/h5,7H,6H2,1-4H3,(H,20,21)(H,17,18,19). The van der Waals surface area contributed by atoms with Gasteiger partial charge in [-0.1, -0.05) is 23.2 Å². The van der Waals surface area contributed by atoms with E-state index < -0.39 is 16.6 Å². The number of hydrogen-bond donors (Lipinski definition) is 2. The van der Waals surface area contributed by atoms with Gasteiger partial charge in [-0.3, -0.25) is 9.59 Å². The van der Waals surface area contributed by atoms with Crippen molar-refractivity contribution in [1.82, 2.24) is 4.98 Å². The van der Waals surface area contributed by atoms with Gasteiger partial charge < -0.3 is 15.2 Å². The first-order chi connectivity index (χ1) is 10.5. The Morgan fingerprint density at radius 2 is 2.00 bits per heavy atom. The van der Waals surface area contributed by atoms with Crippen LogP contribution in [-0.2, 0) is 9.59 Å². The van der Waals surface area contributed by atoms with E-state index in [0.29, 0.717) is 0 Å². The number of halogens is 2. The normalized spacial score (nSPS) is 11.4. The highest BCUT2D eigenvalue weighted by Crippen LogP contribution is 2.31. The predicted octanol–water partition coefficient (Wildman–Crippen LogP) is 3.71. The van der Waals surface area contributed by atoms with Gasteiger partial charge in [0.1, 0.15) is 9.77 Å². The first-order valence-electron chi connectivity index (χ1n) is 6.73. The molecule has 9 heteroatoms. The first-order valence-corrected chi connectivity index (χ1v) is 8.47. The Hall–Kier alpha value is -1.18. The van der Waals surface area contributed by atoms with E-state index in [-0.39, 0.29) is 33.6 Å². The number of nitrogens with one attached hydrogen (secondary N) is 1. The maximum Gasteiger partial charge on any atom is 0.319 e. The number of aliphatic carboxylic acids is 1. The highest BCUT2D eigenvalue weighted by molar-refractivity contribution is 8.02. The second-order valence-corrected chi connectivity index (χ2v) is 7.84. The molecule has 128 valence electrons. The highest BCUT2D eigenvalue weighted by atomic mass is 35.5. The molecular weight excluding hydrogens is 363 g/mol. The smallest absolute Gasteiger partial charge is 0.319 e. The third-order valence-electron chi connectivity index (χ3n) is 2.58. The summed E-state index contributed by atoms with van der Waals surface area (Å²) in [5, 5.41) is 12.0. The molecule has 0 radical (unpaired) electrons. The van der Waals surface area contributed by atoms with Crippen LogP contribution < -0.4 is 10.1 Å². The Balaban J connectivity index is 2.80. The number of rotatable bonds is 7. The van der Waals surface area contributed by atoms with Crippen LogP contribution in [0.4, 0.5) is 5.82 Å². The summed E-state index contributed by atoms with van der Waals surface area (Å²) in [6.07, 6.45) is -0.142. The number of aromatic nitrogens is 1. The van der Waals surface area contributed by atoms with Gasteiger partial charge in [-0.25, -0.2) is 0 Å². The molecule has 0 aliphatic carbocycles. The molecule has 23 heavy (non-hydrogen) atoms. The lowest BCUT2D eigenvalue weighted by Gasteiger charge is -2.18. The number of anilines is 1. The number of ether oxygens (including phenoxy) is 1. The van der Waals surface area contributed by atoms with Gasteiger partial charge in [0, 0.05) is 0 Å². The van der Waals surface area contributed by atoms with Crippen molar-refractivity contribution in [3.63, 3.8) is 0 Å². The molecule has 1 rings (SSSR count). The highest BCUT2D eigenvalue weighted by Gasteiger charge is 2.28. The largest absolute Gasteiger partial charge is 0.480 e. The van der Waals surface area contributed by atoms with Gasteiger partial charge in [-0.15, -0.1) is 11.8 Å². The van der Waals surface area contributed by atoms with Crippen LogP contribution >= 0.6 is 35.0 Å². The number of pyridine rings is 1. The fourth-order valence-corrected chi connectivity index (χ4v) is 2.46. The summed E-state index contributed by atoms with van der Waals surface area (Å²) in [6.45, 7) is 6.68. The van der Waals surface area contributed by atoms with E-state index in [0.717, 1.165) is 11.8 Å². The monoisotopic (exact) mass is 380 g/mol. The number of amides is 1. The minimum absolute atomic E-state index is 0.0553. The van der Waals surface area contributed by atoms with Crippen molar-refractivity contribution in [3.05, 3.63) is 16.1 Å². The molecular formula is C14H18Cl2N2O4S. The summed E-state index contributed by atoms with van der Waals surface area (Å²) >= 11 is 13.0. The summed E-state index contributed by atoms with van der Waals surface area (Å²) in [4.78, 5) is 27.1. The van der Waals surface area contributed by atoms with E-state index >= 15 is 0 Å². The third kappa shape index (κ3) is 6.08. The first kappa shape index (κ1) is 19.9. The molecule has 0 fully saturated rings. The summed E-state index contributed by atoms with van der Waals surface area (Å²) in [7, 11) is 0. The Labute approximate surface area is 148 Å². The van der Waals surface area contributed by atoms with Crippen molar-refractivity contribution in [1.29, 1.82) is 0 Å². The number of carbonyl (C=O) groups is 2. The summed E-state index contributed by atoms with van der Waals surface area (Å²) in [6, 6.07) is 1.43. The van der Waals surface area contributed by atoms with Gasteiger partial charge in [0.05, 0.1) is 16.9 Å². The Kier molecular flexibility index (Phi) is 6.98. The second kappa shape index (κ2) is 8.08. The topological polar surface area (TPSA) is 88.5 Å². The molecule has 0 unspecified atom stereocenters. The molecule has 2 N–H and O–H groups in total. The van der Waals surface area contributed by atoms with Crippen LogP contribution in [0.3, 0.4) is 0 Å². The minimum atomic E-state index is -1.07. The van der Waals surface area contributed by atoms with Crippen LogP contribution in [0.25, 0.3) is 0 Å². The number of carbonyl (C=O) groups excluding carboxylic acids is 1. The number of carboxylic acid groups (broad SMARTS) is 1. The third-order valence-corrected chi connectivity index (χ3v) is 4.44. The van der Waals surface area contributed by atoms with Crippen LogP contribution in [-0.4, -0.2) is 38.6 Å². The van der Waals surface area contributed by atoms with Gasteiger partial charge in [0.15, 0.2) is 5.82 Å². The number of carboxylic acids is 1. The van der Waals surface area contributed by atoms with E-state index in [1.807, 2.05) is 13.8 Å². The summed E-state index contributed by atoms with van der Waals surface area (Å²) < 4.78 is 4.36.